The van der Waals surface area contributed by atoms with Gasteiger partial charge in [0.1, 0.15) is 5.56 Å². The van der Waals surface area contributed by atoms with Gasteiger partial charge in [0.25, 0.3) is 5.91 Å². The van der Waals surface area contributed by atoms with Crippen molar-refractivity contribution in [2.45, 2.75) is 0 Å². The van der Waals surface area contributed by atoms with E-state index in [-0.39, 0.29) is 5.91 Å². The number of fused-ring (bicyclic) bond motifs is 1. The van der Waals surface area contributed by atoms with Crippen molar-refractivity contribution >= 4 is 39.8 Å². The number of anilines is 1. The van der Waals surface area contributed by atoms with Crippen LogP contribution in [-0.2, 0) is 0 Å². The molecule has 0 saturated heterocycles. The molecule has 0 bridgehead atoms. The number of hydrogen-bond acceptors (Lipinski definition) is 3. The highest BCUT2D eigenvalue weighted by Gasteiger charge is 2.13. The van der Waals surface area contributed by atoms with E-state index in [1.165, 1.54) is 6.20 Å². The van der Waals surface area contributed by atoms with E-state index in [2.05, 4.69) is 38.0 Å². The smallest absolute Gasteiger partial charge is 0.261 e. The second-order valence-corrected chi connectivity index (χ2v) is 5.16. The van der Waals surface area contributed by atoms with Crippen LogP contribution in [0.15, 0.2) is 48.9 Å². The Balaban J connectivity index is 1.92. The lowest BCUT2D eigenvalue weighted by Gasteiger charge is -2.04. The zero-order valence-electron chi connectivity index (χ0n) is 9.75. The summed E-state index contributed by atoms with van der Waals surface area (Å²) >= 11 is 2.20. The van der Waals surface area contributed by atoms with Crippen LogP contribution in [0.1, 0.15) is 10.4 Å². The second-order valence-electron chi connectivity index (χ2n) is 3.91. The topological polar surface area (TPSA) is 59.3 Å². The number of halogens is 1. The predicted octanol–water partition coefficient (Wildman–Crippen LogP) is 2.59. The van der Waals surface area contributed by atoms with Gasteiger partial charge in [0.2, 0.25) is 0 Å². The fraction of sp³-hybridized carbons (Fsp3) is 0. The fourth-order valence-electron chi connectivity index (χ4n) is 1.75. The van der Waals surface area contributed by atoms with Gasteiger partial charge in [-0.25, -0.2) is 9.50 Å². The summed E-state index contributed by atoms with van der Waals surface area (Å²) in [4.78, 5) is 16.4. The highest BCUT2D eigenvalue weighted by Crippen LogP contribution is 2.15. The molecule has 1 amide bonds. The lowest BCUT2D eigenvalue weighted by atomic mass is 10.2. The molecule has 1 aromatic carbocycles. The van der Waals surface area contributed by atoms with Crippen molar-refractivity contribution in [1.29, 1.82) is 0 Å². The van der Waals surface area contributed by atoms with Crippen LogP contribution in [0.4, 0.5) is 5.69 Å². The fourth-order valence-corrected chi connectivity index (χ4v) is 2.30. The third kappa shape index (κ3) is 2.43. The number of nitrogens with one attached hydrogen (secondary N) is 1. The van der Waals surface area contributed by atoms with Crippen LogP contribution in [0.25, 0.3) is 5.65 Å². The summed E-state index contributed by atoms with van der Waals surface area (Å²) in [6, 6.07) is 9.37. The van der Waals surface area contributed by atoms with Gasteiger partial charge in [-0.1, -0.05) is 6.07 Å². The van der Waals surface area contributed by atoms with Crippen LogP contribution in [0.2, 0.25) is 0 Å². The number of rotatable bonds is 2. The first-order valence-electron chi connectivity index (χ1n) is 5.59. The molecule has 0 aliphatic carbocycles. The number of aromatic nitrogens is 3. The first kappa shape index (κ1) is 12.1. The minimum atomic E-state index is -0.212. The molecule has 0 fully saturated rings. The van der Waals surface area contributed by atoms with Crippen LogP contribution < -0.4 is 5.32 Å². The molecule has 5 nitrogen and oxygen atoms in total. The molecule has 94 valence electrons. The Labute approximate surface area is 122 Å². The van der Waals surface area contributed by atoms with E-state index in [9.17, 15) is 4.79 Å². The maximum Gasteiger partial charge on any atom is 0.261 e. The van der Waals surface area contributed by atoms with E-state index < -0.39 is 0 Å². The van der Waals surface area contributed by atoms with Gasteiger partial charge in [-0.3, -0.25) is 4.79 Å². The first-order valence-corrected chi connectivity index (χ1v) is 6.67. The highest BCUT2D eigenvalue weighted by molar-refractivity contribution is 14.1. The maximum atomic E-state index is 12.2. The molecule has 0 saturated carbocycles. The lowest BCUT2D eigenvalue weighted by molar-refractivity contribution is 0.102. The Morgan fingerprint density at radius 1 is 1.32 bits per heavy atom. The van der Waals surface area contributed by atoms with Crippen LogP contribution in [-0.4, -0.2) is 20.5 Å². The minimum Gasteiger partial charge on any atom is -0.322 e. The standard InChI is InChI=1S/C13H9IN4O/c14-9-3-1-4-10(7-9)17-13(19)11-8-16-18-6-2-5-15-12(11)18/h1-8H,(H,17,19). The molecule has 0 aliphatic rings. The van der Waals surface area contributed by atoms with Crippen molar-refractivity contribution < 1.29 is 4.79 Å². The number of benzene rings is 1. The third-order valence-corrected chi connectivity index (χ3v) is 3.28. The van der Waals surface area contributed by atoms with Crippen molar-refractivity contribution in [3.63, 3.8) is 0 Å². The summed E-state index contributed by atoms with van der Waals surface area (Å²) in [5.74, 6) is -0.212. The quantitative estimate of drug-likeness (QED) is 0.712. The number of carbonyl (C=O) groups excluding carboxylic acids is 1. The van der Waals surface area contributed by atoms with Gasteiger partial charge in [0.15, 0.2) is 5.65 Å². The first-order chi connectivity index (χ1) is 9.24. The Morgan fingerprint density at radius 3 is 3.05 bits per heavy atom. The zero-order chi connectivity index (χ0) is 13.2. The second kappa shape index (κ2) is 4.96. The Morgan fingerprint density at radius 2 is 2.21 bits per heavy atom. The minimum absolute atomic E-state index is 0.212. The molecule has 3 rings (SSSR count). The van der Waals surface area contributed by atoms with Gasteiger partial charge in [-0.15, -0.1) is 0 Å². The van der Waals surface area contributed by atoms with E-state index in [1.54, 1.807) is 23.0 Å². The van der Waals surface area contributed by atoms with Crippen molar-refractivity contribution in [2.75, 3.05) is 5.32 Å². The third-order valence-electron chi connectivity index (χ3n) is 2.61. The molecule has 0 unspecified atom stereocenters. The van der Waals surface area contributed by atoms with Gasteiger partial charge < -0.3 is 5.32 Å². The van der Waals surface area contributed by atoms with Crippen molar-refractivity contribution in [3.05, 3.63) is 58.1 Å². The Kier molecular flexibility index (Phi) is 3.16. The summed E-state index contributed by atoms with van der Waals surface area (Å²) in [6.45, 7) is 0. The summed E-state index contributed by atoms with van der Waals surface area (Å²) < 4.78 is 2.64. The van der Waals surface area contributed by atoms with Gasteiger partial charge in [-0.05, 0) is 46.9 Å². The largest absolute Gasteiger partial charge is 0.322 e. The Hall–Kier alpha value is -1.96. The van der Waals surface area contributed by atoms with Gasteiger partial charge in [-0.2, -0.15) is 5.10 Å². The van der Waals surface area contributed by atoms with E-state index in [0.29, 0.717) is 11.2 Å². The molecule has 3 aromatic rings. The van der Waals surface area contributed by atoms with Crippen LogP contribution in [0.3, 0.4) is 0 Å². The van der Waals surface area contributed by atoms with Gasteiger partial charge in [0.05, 0.1) is 6.20 Å². The van der Waals surface area contributed by atoms with E-state index in [1.807, 2.05) is 24.3 Å². The lowest BCUT2D eigenvalue weighted by Crippen LogP contribution is -2.12. The average Bonchev–Trinajstić information content (AvgIpc) is 2.82. The van der Waals surface area contributed by atoms with Crippen LogP contribution in [0.5, 0.6) is 0 Å². The SMILES string of the molecule is O=C(Nc1cccc(I)c1)c1cnn2cccnc12. The normalized spacial score (nSPS) is 10.6. The van der Waals surface area contributed by atoms with E-state index >= 15 is 0 Å². The number of carbonyl (C=O) groups is 1. The van der Waals surface area contributed by atoms with Crippen LogP contribution >= 0.6 is 22.6 Å². The summed E-state index contributed by atoms with van der Waals surface area (Å²) in [6.07, 6.45) is 4.91. The molecule has 0 aliphatic heterocycles. The van der Waals surface area contributed by atoms with Crippen LogP contribution in [0, 0.1) is 3.57 Å². The zero-order valence-corrected chi connectivity index (χ0v) is 11.9. The summed E-state index contributed by atoms with van der Waals surface area (Å²) in [5, 5.41) is 6.93. The molecule has 0 spiro atoms. The number of hydrogen-bond donors (Lipinski definition) is 1. The average molecular weight is 364 g/mol. The molecular weight excluding hydrogens is 355 g/mol. The molecule has 2 aromatic heterocycles. The molecular formula is C13H9IN4O. The molecule has 1 N–H and O–H groups in total. The van der Waals surface area contributed by atoms with Gasteiger partial charge in [0, 0.05) is 21.7 Å². The molecule has 19 heavy (non-hydrogen) atoms. The van der Waals surface area contributed by atoms with E-state index in [0.717, 1.165) is 9.26 Å². The van der Waals surface area contributed by atoms with Crippen molar-refractivity contribution in [2.24, 2.45) is 0 Å². The number of amides is 1. The molecule has 2 heterocycles. The monoisotopic (exact) mass is 364 g/mol. The summed E-state index contributed by atoms with van der Waals surface area (Å²) in [7, 11) is 0. The molecule has 0 radical (unpaired) electrons. The summed E-state index contributed by atoms with van der Waals surface area (Å²) in [5.41, 5.74) is 1.76. The number of nitrogens with zero attached hydrogens (tertiary/aromatic N) is 3. The Bertz CT molecular complexity index is 753. The van der Waals surface area contributed by atoms with Crippen molar-refractivity contribution in [3.8, 4) is 0 Å². The maximum absolute atomic E-state index is 12.2. The molecule has 0 atom stereocenters. The van der Waals surface area contributed by atoms with E-state index in [4.69, 9.17) is 0 Å². The highest BCUT2D eigenvalue weighted by atomic mass is 127. The predicted molar refractivity (Wildman–Crippen MR) is 80.1 cm³/mol. The van der Waals surface area contributed by atoms with Gasteiger partial charge >= 0.3 is 0 Å². The molecule has 6 heteroatoms. The van der Waals surface area contributed by atoms with Crippen molar-refractivity contribution in [1.82, 2.24) is 14.6 Å².